The SMILES string of the molecule is CCSc1ccc(C(C)NC(=O)CN2CCCCC2)cc1. The van der Waals surface area contributed by atoms with Crippen molar-refractivity contribution in [1.29, 1.82) is 0 Å². The van der Waals surface area contributed by atoms with Crippen molar-refractivity contribution < 1.29 is 4.79 Å². The number of benzene rings is 1. The minimum absolute atomic E-state index is 0.0722. The van der Waals surface area contributed by atoms with Gasteiger partial charge in [0.2, 0.25) is 5.91 Å². The molecule has 1 aliphatic rings. The number of hydrogen-bond acceptors (Lipinski definition) is 3. The number of likely N-dealkylation sites (tertiary alicyclic amines) is 1. The fraction of sp³-hybridized carbons (Fsp3) is 0.588. The van der Waals surface area contributed by atoms with Gasteiger partial charge in [-0.3, -0.25) is 9.69 Å². The Hall–Kier alpha value is -1.00. The van der Waals surface area contributed by atoms with Crippen molar-refractivity contribution in [1.82, 2.24) is 10.2 Å². The Balaban J connectivity index is 1.82. The van der Waals surface area contributed by atoms with Crippen LogP contribution in [0.1, 0.15) is 44.7 Å². The predicted octanol–water partition coefficient (Wildman–Crippen LogP) is 3.46. The van der Waals surface area contributed by atoms with Gasteiger partial charge in [-0.15, -0.1) is 11.8 Å². The molecule has 0 aliphatic carbocycles. The fourth-order valence-electron chi connectivity index (χ4n) is 2.71. The highest BCUT2D eigenvalue weighted by molar-refractivity contribution is 7.99. The van der Waals surface area contributed by atoms with Crippen LogP contribution in [-0.4, -0.2) is 36.2 Å². The van der Waals surface area contributed by atoms with Gasteiger partial charge in [0.15, 0.2) is 0 Å². The average Bonchev–Trinajstić information content (AvgIpc) is 2.49. The van der Waals surface area contributed by atoms with Gasteiger partial charge in [-0.2, -0.15) is 0 Å². The zero-order valence-electron chi connectivity index (χ0n) is 13.1. The summed E-state index contributed by atoms with van der Waals surface area (Å²) >= 11 is 1.84. The molecule has 1 aromatic carbocycles. The number of carbonyl (C=O) groups is 1. The quantitative estimate of drug-likeness (QED) is 0.817. The summed E-state index contributed by atoms with van der Waals surface area (Å²) in [6, 6.07) is 8.57. The molecule has 0 bridgehead atoms. The zero-order chi connectivity index (χ0) is 15.1. The monoisotopic (exact) mass is 306 g/mol. The Morgan fingerprint density at radius 1 is 1.24 bits per heavy atom. The second-order valence-corrected chi connectivity index (χ2v) is 6.97. The van der Waals surface area contributed by atoms with E-state index in [2.05, 4.69) is 48.3 Å². The van der Waals surface area contributed by atoms with Gasteiger partial charge >= 0.3 is 0 Å². The van der Waals surface area contributed by atoms with Crippen molar-refractivity contribution in [3.05, 3.63) is 29.8 Å². The second kappa shape index (κ2) is 8.44. The molecule has 21 heavy (non-hydrogen) atoms. The van der Waals surface area contributed by atoms with Crippen LogP contribution in [0.4, 0.5) is 0 Å². The lowest BCUT2D eigenvalue weighted by atomic mass is 10.1. The van der Waals surface area contributed by atoms with E-state index in [1.165, 1.54) is 29.7 Å². The molecule has 1 fully saturated rings. The van der Waals surface area contributed by atoms with E-state index in [1.54, 1.807) is 0 Å². The summed E-state index contributed by atoms with van der Waals surface area (Å²) in [5, 5.41) is 3.11. The Bertz CT molecular complexity index is 441. The van der Waals surface area contributed by atoms with Crippen LogP contribution < -0.4 is 5.32 Å². The van der Waals surface area contributed by atoms with Crippen LogP contribution in [0, 0.1) is 0 Å². The van der Waals surface area contributed by atoms with Gasteiger partial charge in [-0.25, -0.2) is 0 Å². The van der Waals surface area contributed by atoms with Crippen molar-refractivity contribution in [2.24, 2.45) is 0 Å². The first-order chi connectivity index (χ1) is 10.2. The molecule has 2 rings (SSSR count). The lowest BCUT2D eigenvalue weighted by Crippen LogP contribution is -2.40. The highest BCUT2D eigenvalue weighted by Crippen LogP contribution is 2.20. The number of amides is 1. The van der Waals surface area contributed by atoms with Crippen molar-refractivity contribution >= 4 is 17.7 Å². The molecule has 0 aromatic heterocycles. The summed E-state index contributed by atoms with van der Waals surface area (Å²) in [4.78, 5) is 15.6. The molecule has 116 valence electrons. The number of hydrogen-bond donors (Lipinski definition) is 1. The smallest absolute Gasteiger partial charge is 0.234 e. The van der Waals surface area contributed by atoms with E-state index in [-0.39, 0.29) is 11.9 Å². The molecule has 3 nitrogen and oxygen atoms in total. The van der Waals surface area contributed by atoms with Crippen LogP contribution >= 0.6 is 11.8 Å². The van der Waals surface area contributed by atoms with Gasteiger partial charge in [0.1, 0.15) is 0 Å². The van der Waals surface area contributed by atoms with Gasteiger partial charge < -0.3 is 5.32 Å². The minimum atomic E-state index is 0.0722. The van der Waals surface area contributed by atoms with Gasteiger partial charge in [-0.1, -0.05) is 25.5 Å². The van der Waals surface area contributed by atoms with E-state index >= 15 is 0 Å². The molecule has 1 saturated heterocycles. The highest BCUT2D eigenvalue weighted by atomic mass is 32.2. The molecule has 0 spiro atoms. The molecular formula is C17H26N2OS. The van der Waals surface area contributed by atoms with Gasteiger partial charge in [-0.05, 0) is 56.3 Å². The third kappa shape index (κ3) is 5.36. The number of thioether (sulfide) groups is 1. The summed E-state index contributed by atoms with van der Waals surface area (Å²) in [6.45, 7) is 6.86. The molecule has 0 saturated carbocycles. The van der Waals surface area contributed by atoms with Gasteiger partial charge in [0, 0.05) is 4.90 Å². The summed E-state index contributed by atoms with van der Waals surface area (Å²) in [5.74, 6) is 1.22. The Labute approximate surface area is 132 Å². The summed E-state index contributed by atoms with van der Waals surface area (Å²) in [6.07, 6.45) is 3.75. The second-order valence-electron chi connectivity index (χ2n) is 5.63. The molecule has 1 aromatic rings. The molecule has 1 atom stereocenters. The van der Waals surface area contributed by atoms with Crippen LogP contribution in [0.3, 0.4) is 0 Å². The maximum atomic E-state index is 12.1. The molecule has 1 aliphatic heterocycles. The fourth-order valence-corrected chi connectivity index (χ4v) is 3.37. The van der Waals surface area contributed by atoms with E-state index in [9.17, 15) is 4.79 Å². The standard InChI is InChI=1S/C17H26N2OS/c1-3-21-16-9-7-15(8-10-16)14(2)18-17(20)13-19-11-5-4-6-12-19/h7-10,14H,3-6,11-13H2,1-2H3,(H,18,20). The molecule has 1 amide bonds. The van der Waals surface area contributed by atoms with Crippen LogP contribution in [0.2, 0.25) is 0 Å². The first-order valence-corrected chi connectivity index (χ1v) is 8.92. The maximum Gasteiger partial charge on any atom is 0.234 e. The topological polar surface area (TPSA) is 32.3 Å². The number of nitrogens with one attached hydrogen (secondary N) is 1. The van der Waals surface area contributed by atoms with Crippen LogP contribution in [-0.2, 0) is 4.79 Å². The summed E-state index contributed by atoms with van der Waals surface area (Å²) in [7, 11) is 0. The Kier molecular flexibility index (Phi) is 6.58. The lowest BCUT2D eigenvalue weighted by molar-refractivity contribution is -0.123. The number of rotatable bonds is 6. The molecule has 0 radical (unpaired) electrons. The van der Waals surface area contributed by atoms with Gasteiger partial charge in [0.25, 0.3) is 0 Å². The van der Waals surface area contributed by atoms with E-state index in [0.29, 0.717) is 6.54 Å². The molecule has 1 N–H and O–H groups in total. The van der Waals surface area contributed by atoms with Crippen LogP contribution in [0.15, 0.2) is 29.2 Å². The third-order valence-electron chi connectivity index (χ3n) is 3.88. The third-order valence-corrected chi connectivity index (χ3v) is 4.78. The van der Waals surface area contributed by atoms with E-state index in [4.69, 9.17) is 0 Å². The lowest BCUT2D eigenvalue weighted by Gasteiger charge is -2.26. The van der Waals surface area contributed by atoms with E-state index < -0.39 is 0 Å². The van der Waals surface area contributed by atoms with Crippen molar-refractivity contribution in [3.8, 4) is 0 Å². The first-order valence-electron chi connectivity index (χ1n) is 7.93. The molecule has 1 heterocycles. The Morgan fingerprint density at radius 3 is 2.52 bits per heavy atom. The first kappa shape index (κ1) is 16.4. The number of nitrogens with zero attached hydrogens (tertiary/aromatic N) is 1. The largest absolute Gasteiger partial charge is 0.348 e. The van der Waals surface area contributed by atoms with Crippen LogP contribution in [0.5, 0.6) is 0 Å². The van der Waals surface area contributed by atoms with E-state index in [0.717, 1.165) is 18.8 Å². The van der Waals surface area contributed by atoms with Crippen LogP contribution in [0.25, 0.3) is 0 Å². The normalized spacial score (nSPS) is 17.4. The van der Waals surface area contributed by atoms with Crippen molar-refractivity contribution in [3.63, 3.8) is 0 Å². The summed E-state index contributed by atoms with van der Waals surface area (Å²) < 4.78 is 0. The minimum Gasteiger partial charge on any atom is -0.348 e. The van der Waals surface area contributed by atoms with E-state index in [1.807, 2.05) is 11.8 Å². The number of carbonyl (C=O) groups excluding carboxylic acids is 1. The zero-order valence-corrected chi connectivity index (χ0v) is 13.9. The number of piperidine rings is 1. The van der Waals surface area contributed by atoms with Gasteiger partial charge in [0.05, 0.1) is 12.6 Å². The van der Waals surface area contributed by atoms with Crippen molar-refractivity contribution in [2.45, 2.75) is 44.0 Å². The molecule has 1 unspecified atom stereocenters. The average molecular weight is 306 g/mol. The molecular weight excluding hydrogens is 280 g/mol. The molecule has 4 heteroatoms. The Morgan fingerprint density at radius 2 is 1.90 bits per heavy atom. The highest BCUT2D eigenvalue weighted by Gasteiger charge is 2.15. The summed E-state index contributed by atoms with van der Waals surface area (Å²) in [5.41, 5.74) is 1.17. The predicted molar refractivity (Wildman–Crippen MR) is 89.7 cm³/mol. The maximum absolute atomic E-state index is 12.1. The van der Waals surface area contributed by atoms with Crippen molar-refractivity contribution in [2.75, 3.05) is 25.4 Å².